The van der Waals surface area contributed by atoms with Gasteiger partial charge in [-0.3, -0.25) is 0 Å². The van der Waals surface area contributed by atoms with Crippen LogP contribution in [0.2, 0.25) is 0 Å². The highest BCUT2D eigenvalue weighted by Crippen LogP contribution is 2.06. The standard InChI is InChI=1S/C11H21NO2/c1-5-7-10(6-2)11(13)14-9-8-12(3)4/h6H,5,7-9H2,1-4H3. The lowest BCUT2D eigenvalue weighted by atomic mass is 10.1. The van der Waals surface area contributed by atoms with Gasteiger partial charge in [0, 0.05) is 12.1 Å². The van der Waals surface area contributed by atoms with Gasteiger partial charge < -0.3 is 9.64 Å². The number of likely N-dealkylation sites (N-methyl/N-ethyl adjacent to an activating group) is 1. The Morgan fingerprint density at radius 1 is 1.43 bits per heavy atom. The molecule has 0 aliphatic heterocycles. The fraction of sp³-hybridized carbons (Fsp3) is 0.727. The third-order valence-electron chi connectivity index (χ3n) is 1.90. The van der Waals surface area contributed by atoms with Gasteiger partial charge in [-0.25, -0.2) is 4.79 Å². The van der Waals surface area contributed by atoms with Gasteiger partial charge in [-0.1, -0.05) is 19.4 Å². The summed E-state index contributed by atoms with van der Waals surface area (Å²) in [5.74, 6) is -0.170. The van der Waals surface area contributed by atoms with Crippen molar-refractivity contribution in [1.82, 2.24) is 4.90 Å². The lowest BCUT2D eigenvalue weighted by Crippen LogP contribution is -2.20. The Morgan fingerprint density at radius 3 is 2.50 bits per heavy atom. The Hall–Kier alpha value is -0.830. The van der Waals surface area contributed by atoms with E-state index < -0.39 is 0 Å². The first kappa shape index (κ1) is 13.2. The molecule has 0 spiro atoms. The molecule has 0 amide bonds. The van der Waals surface area contributed by atoms with E-state index in [4.69, 9.17) is 4.74 Å². The number of carbonyl (C=O) groups excluding carboxylic acids is 1. The average Bonchev–Trinajstić information content (AvgIpc) is 2.13. The predicted octanol–water partition coefficient (Wildman–Crippen LogP) is 1.84. The van der Waals surface area contributed by atoms with Gasteiger partial charge in [0.2, 0.25) is 0 Å². The Kier molecular flexibility index (Phi) is 7.11. The van der Waals surface area contributed by atoms with Gasteiger partial charge in [0.05, 0.1) is 0 Å². The summed E-state index contributed by atoms with van der Waals surface area (Å²) < 4.78 is 5.11. The number of carbonyl (C=O) groups is 1. The summed E-state index contributed by atoms with van der Waals surface area (Å²) in [6.45, 7) is 5.16. The number of allylic oxidation sites excluding steroid dienone is 1. The highest BCUT2D eigenvalue weighted by molar-refractivity contribution is 5.88. The Morgan fingerprint density at radius 2 is 2.07 bits per heavy atom. The van der Waals surface area contributed by atoms with Crippen LogP contribution in [-0.4, -0.2) is 38.1 Å². The van der Waals surface area contributed by atoms with E-state index >= 15 is 0 Å². The summed E-state index contributed by atoms with van der Waals surface area (Å²) in [7, 11) is 3.91. The second-order valence-electron chi connectivity index (χ2n) is 3.50. The summed E-state index contributed by atoms with van der Waals surface area (Å²) in [5, 5.41) is 0. The van der Waals surface area contributed by atoms with E-state index in [2.05, 4.69) is 6.92 Å². The minimum atomic E-state index is -0.170. The zero-order valence-corrected chi connectivity index (χ0v) is 9.67. The van der Waals surface area contributed by atoms with Crippen LogP contribution in [0.5, 0.6) is 0 Å². The van der Waals surface area contributed by atoms with Crippen molar-refractivity contribution in [2.45, 2.75) is 26.7 Å². The molecule has 14 heavy (non-hydrogen) atoms. The molecule has 0 fully saturated rings. The molecular formula is C11H21NO2. The van der Waals surface area contributed by atoms with E-state index in [1.807, 2.05) is 32.0 Å². The minimum Gasteiger partial charge on any atom is -0.461 e. The minimum absolute atomic E-state index is 0.170. The molecule has 0 atom stereocenters. The van der Waals surface area contributed by atoms with Crippen LogP contribution in [0.3, 0.4) is 0 Å². The molecule has 0 unspecified atom stereocenters. The molecule has 3 nitrogen and oxygen atoms in total. The van der Waals surface area contributed by atoms with Crippen molar-refractivity contribution in [3.63, 3.8) is 0 Å². The van der Waals surface area contributed by atoms with E-state index in [9.17, 15) is 4.79 Å². The van der Waals surface area contributed by atoms with E-state index in [1.54, 1.807) is 0 Å². The summed E-state index contributed by atoms with van der Waals surface area (Å²) >= 11 is 0. The second-order valence-corrected chi connectivity index (χ2v) is 3.50. The lowest BCUT2D eigenvalue weighted by Gasteiger charge is -2.10. The molecule has 0 rings (SSSR count). The molecule has 0 radical (unpaired) electrons. The van der Waals surface area contributed by atoms with Crippen molar-refractivity contribution >= 4 is 5.97 Å². The number of ether oxygens (including phenoxy) is 1. The van der Waals surface area contributed by atoms with Gasteiger partial charge in [-0.2, -0.15) is 0 Å². The fourth-order valence-electron chi connectivity index (χ4n) is 1.05. The summed E-state index contributed by atoms with van der Waals surface area (Å²) in [4.78, 5) is 13.4. The molecular weight excluding hydrogens is 178 g/mol. The molecule has 82 valence electrons. The molecule has 0 heterocycles. The second kappa shape index (κ2) is 7.56. The molecule has 0 aliphatic rings. The van der Waals surface area contributed by atoms with E-state index in [0.717, 1.165) is 25.0 Å². The largest absolute Gasteiger partial charge is 0.461 e. The Bertz CT molecular complexity index is 197. The van der Waals surface area contributed by atoms with Gasteiger partial charge in [-0.05, 0) is 27.4 Å². The monoisotopic (exact) mass is 199 g/mol. The third kappa shape index (κ3) is 5.75. The maximum atomic E-state index is 11.4. The Balaban J connectivity index is 3.82. The molecule has 0 aromatic carbocycles. The summed E-state index contributed by atoms with van der Waals surface area (Å²) in [6, 6.07) is 0. The highest BCUT2D eigenvalue weighted by atomic mass is 16.5. The number of rotatable bonds is 6. The zero-order valence-electron chi connectivity index (χ0n) is 9.67. The number of hydrogen-bond donors (Lipinski definition) is 0. The van der Waals surface area contributed by atoms with Crippen molar-refractivity contribution in [1.29, 1.82) is 0 Å². The predicted molar refractivity (Wildman–Crippen MR) is 58.2 cm³/mol. The fourth-order valence-corrected chi connectivity index (χ4v) is 1.05. The maximum absolute atomic E-state index is 11.4. The normalized spacial score (nSPS) is 11.9. The van der Waals surface area contributed by atoms with Crippen LogP contribution < -0.4 is 0 Å². The maximum Gasteiger partial charge on any atom is 0.333 e. The SMILES string of the molecule is CC=C(CCC)C(=O)OCCN(C)C. The van der Waals surface area contributed by atoms with E-state index in [-0.39, 0.29) is 5.97 Å². The molecule has 0 aliphatic carbocycles. The zero-order chi connectivity index (χ0) is 11.0. The third-order valence-corrected chi connectivity index (χ3v) is 1.90. The quantitative estimate of drug-likeness (QED) is 0.483. The van der Waals surface area contributed by atoms with Gasteiger partial charge in [-0.15, -0.1) is 0 Å². The van der Waals surface area contributed by atoms with Crippen LogP contribution in [-0.2, 0) is 9.53 Å². The topological polar surface area (TPSA) is 29.5 Å². The van der Waals surface area contributed by atoms with E-state index in [0.29, 0.717) is 6.61 Å². The van der Waals surface area contributed by atoms with Gasteiger partial charge >= 0.3 is 5.97 Å². The molecule has 3 heteroatoms. The van der Waals surface area contributed by atoms with Gasteiger partial charge in [0.15, 0.2) is 0 Å². The summed E-state index contributed by atoms with van der Waals surface area (Å²) in [5.41, 5.74) is 0.784. The molecule has 0 bridgehead atoms. The van der Waals surface area contributed by atoms with Crippen molar-refractivity contribution in [2.24, 2.45) is 0 Å². The summed E-state index contributed by atoms with van der Waals surface area (Å²) in [6.07, 6.45) is 3.61. The first-order valence-corrected chi connectivity index (χ1v) is 5.08. The number of hydrogen-bond acceptors (Lipinski definition) is 3. The van der Waals surface area contributed by atoms with Crippen LogP contribution in [0.1, 0.15) is 26.7 Å². The van der Waals surface area contributed by atoms with Crippen LogP contribution in [0.25, 0.3) is 0 Å². The van der Waals surface area contributed by atoms with Gasteiger partial charge in [0.1, 0.15) is 6.61 Å². The number of esters is 1. The Labute approximate surface area is 86.7 Å². The van der Waals surface area contributed by atoms with Gasteiger partial charge in [0.25, 0.3) is 0 Å². The average molecular weight is 199 g/mol. The van der Waals surface area contributed by atoms with Crippen molar-refractivity contribution in [3.05, 3.63) is 11.6 Å². The highest BCUT2D eigenvalue weighted by Gasteiger charge is 2.08. The first-order chi connectivity index (χ1) is 6.61. The van der Waals surface area contributed by atoms with E-state index in [1.165, 1.54) is 0 Å². The van der Waals surface area contributed by atoms with Crippen LogP contribution in [0.15, 0.2) is 11.6 Å². The molecule has 0 N–H and O–H groups in total. The molecule has 0 saturated carbocycles. The first-order valence-electron chi connectivity index (χ1n) is 5.08. The van der Waals surface area contributed by atoms with Crippen molar-refractivity contribution < 1.29 is 9.53 Å². The number of nitrogens with zero attached hydrogens (tertiary/aromatic N) is 1. The molecule has 0 aromatic rings. The van der Waals surface area contributed by atoms with Crippen molar-refractivity contribution in [2.75, 3.05) is 27.2 Å². The van der Waals surface area contributed by atoms with Crippen LogP contribution in [0, 0.1) is 0 Å². The molecule has 0 aromatic heterocycles. The van der Waals surface area contributed by atoms with Crippen LogP contribution >= 0.6 is 0 Å². The smallest absolute Gasteiger partial charge is 0.333 e. The van der Waals surface area contributed by atoms with Crippen molar-refractivity contribution in [3.8, 4) is 0 Å². The molecule has 0 saturated heterocycles. The lowest BCUT2D eigenvalue weighted by molar-refractivity contribution is -0.139. The van der Waals surface area contributed by atoms with Crippen LogP contribution in [0.4, 0.5) is 0 Å².